The number of carbonyl (C=O) groups is 1. The second-order valence-corrected chi connectivity index (χ2v) is 4.10. The first-order chi connectivity index (χ1) is 6.22. The van der Waals surface area contributed by atoms with Crippen LogP contribution in [-0.2, 0) is 14.4 Å². The lowest BCUT2D eigenvalue weighted by molar-refractivity contribution is -0.306. The number of carbonyl (C=O) groups excluding carboxylic acids is 1. The van der Waals surface area contributed by atoms with Crippen molar-refractivity contribution in [3.8, 4) is 0 Å². The highest BCUT2D eigenvalue weighted by molar-refractivity contribution is 5.68. The minimum atomic E-state index is -0.403. The second-order valence-electron chi connectivity index (χ2n) is 4.10. The molecule has 0 saturated heterocycles. The predicted octanol–water partition coefficient (Wildman–Crippen LogP) is 3.26. The maximum absolute atomic E-state index is 10.4. The Morgan fingerprint density at radius 3 is 1.73 bits per heavy atom. The van der Waals surface area contributed by atoms with Crippen molar-refractivity contribution in [2.24, 2.45) is 0 Å². The zero-order valence-electron chi connectivity index (χ0n) is 9.96. The first kappa shape index (κ1) is 19.9. The van der Waals surface area contributed by atoms with Gasteiger partial charge >= 0.3 is 5.97 Å². The van der Waals surface area contributed by atoms with E-state index in [-0.39, 0.29) is 19.5 Å². The zero-order chi connectivity index (χ0) is 11.8. The Hall–Kier alpha value is -0.610. The monoisotopic (exact) mass is 222 g/mol. The molecule has 0 aliphatic carbocycles. The van der Waals surface area contributed by atoms with Gasteiger partial charge in [-0.1, -0.05) is 14.4 Å². The summed E-state index contributed by atoms with van der Waals surface area (Å²) in [5.41, 5.74) is -0.403. The maximum atomic E-state index is 10.4. The minimum absolute atomic E-state index is 0. The van der Waals surface area contributed by atoms with E-state index in [0.717, 1.165) is 0 Å². The van der Waals surface area contributed by atoms with Gasteiger partial charge in [-0.3, -0.25) is 10.1 Å². The van der Waals surface area contributed by atoms with Gasteiger partial charge in [0.2, 0.25) is 0 Å². The van der Waals surface area contributed by atoms with E-state index < -0.39 is 5.60 Å². The van der Waals surface area contributed by atoms with E-state index in [1.165, 1.54) is 0 Å². The van der Waals surface area contributed by atoms with Gasteiger partial charge in [-0.05, 0) is 34.6 Å². The van der Waals surface area contributed by atoms with Crippen LogP contribution in [0.4, 0.5) is 0 Å². The molecule has 0 aromatic heterocycles. The van der Waals surface area contributed by atoms with Gasteiger partial charge in [-0.15, -0.1) is 0 Å². The summed E-state index contributed by atoms with van der Waals surface area (Å²) < 4.78 is 4.76. The Bertz CT molecular complexity index is 147. The molecule has 0 heterocycles. The van der Waals surface area contributed by atoms with Crippen LogP contribution >= 0.6 is 0 Å². The van der Waals surface area contributed by atoms with Crippen LogP contribution in [0.1, 0.15) is 55.4 Å². The summed E-state index contributed by atoms with van der Waals surface area (Å²) in [5.74, 6) is -0.125. The third kappa shape index (κ3) is 24.7. The van der Waals surface area contributed by atoms with Gasteiger partial charge in [-0.2, -0.15) is 0 Å². The molecule has 15 heavy (non-hydrogen) atoms. The van der Waals surface area contributed by atoms with E-state index in [9.17, 15) is 4.79 Å². The molecule has 0 aromatic carbocycles. The van der Waals surface area contributed by atoms with Gasteiger partial charge in [-0.25, -0.2) is 4.89 Å². The molecule has 0 spiro atoms. The Labute approximate surface area is 93.5 Å². The Kier molecular flexibility index (Phi) is 13.2. The molecule has 0 atom stereocenters. The molecule has 0 rings (SSSR count). The minimum Gasteiger partial charge on any atom is -0.463 e. The summed E-state index contributed by atoms with van der Waals surface area (Å²) in [6.45, 7) is 10.8. The predicted molar refractivity (Wildman–Crippen MR) is 61.7 cm³/mol. The topological polar surface area (TPSA) is 55.8 Å². The van der Waals surface area contributed by atoms with E-state index in [1.54, 1.807) is 27.7 Å². The Balaban J connectivity index is -0.000000187. The van der Waals surface area contributed by atoms with Crippen molar-refractivity contribution in [2.45, 2.75) is 67.1 Å². The fourth-order valence-electron chi connectivity index (χ4n) is 0.346. The zero-order valence-corrected chi connectivity index (χ0v) is 9.96. The van der Waals surface area contributed by atoms with Crippen LogP contribution in [0, 0.1) is 0 Å². The van der Waals surface area contributed by atoms with Crippen LogP contribution in [0.3, 0.4) is 0 Å². The van der Waals surface area contributed by atoms with Crippen molar-refractivity contribution in [3.63, 3.8) is 0 Å². The molecular weight excluding hydrogens is 196 g/mol. The lowest BCUT2D eigenvalue weighted by atomic mass is 10.2. The van der Waals surface area contributed by atoms with E-state index in [0.29, 0.717) is 6.42 Å². The Morgan fingerprint density at radius 2 is 1.67 bits per heavy atom. The van der Waals surface area contributed by atoms with Gasteiger partial charge in [0.25, 0.3) is 0 Å². The normalized spacial score (nSPS) is 9.87. The van der Waals surface area contributed by atoms with Crippen LogP contribution in [0.5, 0.6) is 0 Å². The van der Waals surface area contributed by atoms with Gasteiger partial charge in [0.15, 0.2) is 0 Å². The van der Waals surface area contributed by atoms with Crippen LogP contribution in [0.2, 0.25) is 0 Å². The summed E-state index contributed by atoms with van der Waals surface area (Å²) in [6, 6.07) is 0. The molecule has 0 aliphatic heterocycles. The van der Waals surface area contributed by atoms with Gasteiger partial charge in [0.1, 0.15) is 0 Å². The molecule has 94 valence electrons. The molecule has 0 aliphatic rings. The summed E-state index contributed by atoms with van der Waals surface area (Å²) in [6.07, 6.45) is 0.500. The van der Waals surface area contributed by atoms with Gasteiger partial charge < -0.3 is 4.74 Å². The highest BCUT2D eigenvalue weighted by atomic mass is 17.1. The molecule has 0 radical (unpaired) electrons. The standard InChI is InChI=1S/C6H12O2.C4H10O2.CH4/c1-4-6(7)8-5(2)3;1-4(2,3)6-5;/h5H,4H2,1-3H3;5H,1-3H3;1H4. The SMILES string of the molecule is C.CC(C)(C)OO.CCC(=O)OC(C)C. The molecular formula is C11H26O4. The molecule has 4 nitrogen and oxygen atoms in total. The molecule has 0 unspecified atom stereocenters. The van der Waals surface area contributed by atoms with E-state index in [1.807, 2.05) is 13.8 Å². The number of hydrogen-bond acceptors (Lipinski definition) is 4. The summed E-state index contributed by atoms with van der Waals surface area (Å²) in [5, 5.41) is 7.90. The Morgan fingerprint density at radius 1 is 1.33 bits per heavy atom. The summed E-state index contributed by atoms with van der Waals surface area (Å²) >= 11 is 0. The van der Waals surface area contributed by atoms with E-state index in [2.05, 4.69) is 4.89 Å². The first-order valence-corrected chi connectivity index (χ1v) is 4.75. The molecule has 4 heteroatoms. The smallest absolute Gasteiger partial charge is 0.305 e. The van der Waals surface area contributed by atoms with Crippen LogP contribution in [0.15, 0.2) is 0 Å². The third-order valence-electron chi connectivity index (χ3n) is 0.930. The van der Waals surface area contributed by atoms with Crippen LogP contribution in [-0.4, -0.2) is 22.9 Å². The third-order valence-corrected chi connectivity index (χ3v) is 0.930. The number of esters is 1. The van der Waals surface area contributed by atoms with Crippen molar-refractivity contribution in [3.05, 3.63) is 0 Å². The van der Waals surface area contributed by atoms with Gasteiger partial charge in [0, 0.05) is 6.42 Å². The van der Waals surface area contributed by atoms with Crippen molar-refractivity contribution in [2.75, 3.05) is 0 Å². The first-order valence-electron chi connectivity index (χ1n) is 4.75. The molecule has 0 aromatic rings. The number of rotatable bonds is 2. The number of hydrogen-bond donors (Lipinski definition) is 1. The average Bonchev–Trinajstić information content (AvgIpc) is 2.03. The lowest BCUT2D eigenvalue weighted by Gasteiger charge is -2.10. The molecule has 0 amide bonds. The second kappa shape index (κ2) is 9.93. The van der Waals surface area contributed by atoms with Crippen molar-refractivity contribution >= 4 is 5.97 Å². The quantitative estimate of drug-likeness (QED) is 0.442. The summed E-state index contributed by atoms with van der Waals surface area (Å²) in [7, 11) is 0. The van der Waals surface area contributed by atoms with Crippen molar-refractivity contribution in [1.82, 2.24) is 0 Å². The molecule has 0 fully saturated rings. The van der Waals surface area contributed by atoms with Crippen molar-refractivity contribution in [1.29, 1.82) is 0 Å². The number of ether oxygens (including phenoxy) is 1. The highest BCUT2D eigenvalue weighted by Crippen LogP contribution is 2.01. The van der Waals surface area contributed by atoms with E-state index in [4.69, 9.17) is 9.99 Å². The lowest BCUT2D eigenvalue weighted by Crippen LogP contribution is -2.15. The van der Waals surface area contributed by atoms with Gasteiger partial charge in [0.05, 0.1) is 11.7 Å². The fraction of sp³-hybridized carbons (Fsp3) is 0.909. The highest BCUT2D eigenvalue weighted by Gasteiger charge is 2.07. The average molecular weight is 222 g/mol. The molecule has 1 N–H and O–H groups in total. The summed E-state index contributed by atoms with van der Waals surface area (Å²) in [4.78, 5) is 14.3. The van der Waals surface area contributed by atoms with Crippen molar-refractivity contribution < 1.29 is 19.7 Å². The fourth-order valence-corrected chi connectivity index (χ4v) is 0.346. The maximum Gasteiger partial charge on any atom is 0.305 e. The van der Waals surface area contributed by atoms with E-state index >= 15 is 0 Å². The largest absolute Gasteiger partial charge is 0.463 e. The van der Waals surface area contributed by atoms with Crippen LogP contribution in [0.25, 0.3) is 0 Å². The molecule has 0 saturated carbocycles. The molecule has 0 bridgehead atoms. The van der Waals surface area contributed by atoms with Crippen LogP contribution < -0.4 is 0 Å².